The van der Waals surface area contributed by atoms with E-state index in [0.717, 1.165) is 5.57 Å². The summed E-state index contributed by atoms with van der Waals surface area (Å²) in [6.45, 7) is 0. The minimum Gasteiger partial charge on any atom is -0.481 e. The van der Waals surface area contributed by atoms with E-state index >= 15 is 0 Å². The number of carbonyl (C=O) groups is 1. The van der Waals surface area contributed by atoms with Crippen molar-refractivity contribution >= 4 is 17.6 Å². The minimum atomic E-state index is -0.796. The first-order valence-electron chi connectivity index (χ1n) is 3.40. The third kappa shape index (κ3) is 2.76. The first-order valence-corrected chi connectivity index (χ1v) is 3.84. The molecule has 1 aliphatic carbocycles. The molecule has 1 unspecified atom stereocenters. The summed E-state index contributed by atoms with van der Waals surface area (Å²) in [5.74, 6) is -0.796. The van der Waals surface area contributed by atoms with E-state index in [-0.39, 0.29) is 11.8 Å². The smallest absolute Gasteiger partial charge is 0.307 e. The van der Waals surface area contributed by atoms with E-state index in [1.165, 1.54) is 0 Å². The molecular formula is C8H9ClO2. The summed E-state index contributed by atoms with van der Waals surface area (Å²) in [5.41, 5.74) is 0.889. The molecule has 3 heteroatoms. The zero-order valence-corrected chi connectivity index (χ0v) is 6.71. The summed E-state index contributed by atoms with van der Waals surface area (Å²) >= 11 is 5.77. The molecule has 1 N–H and O–H groups in total. The van der Waals surface area contributed by atoms with Crippen molar-refractivity contribution in [2.75, 3.05) is 0 Å². The summed E-state index contributed by atoms with van der Waals surface area (Å²) in [5, 5.41) is 8.41. The van der Waals surface area contributed by atoms with Gasteiger partial charge in [0, 0.05) is 0 Å². The van der Waals surface area contributed by atoms with Gasteiger partial charge in [0.15, 0.2) is 0 Å². The van der Waals surface area contributed by atoms with Gasteiger partial charge in [0.2, 0.25) is 0 Å². The second kappa shape index (κ2) is 3.58. The van der Waals surface area contributed by atoms with Gasteiger partial charge in [0.25, 0.3) is 0 Å². The van der Waals surface area contributed by atoms with Crippen molar-refractivity contribution in [3.8, 4) is 0 Å². The van der Waals surface area contributed by atoms with Gasteiger partial charge in [0.1, 0.15) is 0 Å². The second-order valence-corrected chi connectivity index (χ2v) is 3.06. The molecule has 0 fully saturated rings. The van der Waals surface area contributed by atoms with E-state index in [1.54, 1.807) is 6.08 Å². The summed E-state index contributed by atoms with van der Waals surface area (Å²) in [4.78, 5) is 10.3. The van der Waals surface area contributed by atoms with Gasteiger partial charge in [-0.05, 0) is 6.42 Å². The summed E-state index contributed by atoms with van der Waals surface area (Å²) in [6, 6.07) is 0. The topological polar surface area (TPSA) is 37.3 Å². The number of carboxylic acids is 1. The summed E-state index contributed by atoms with van der Waals surface area (Å²) in [7, 11) is 0. The fraction of sp³-hybridized carbons (Fsp3) is 0.375. The van der Waals surface area contributed by atoms with Crippen molar-refractivity contribution in [1.82, 2.24) is 0 Å². The van der Waals surface area contributed by atoms with E-state index in [1.807, 2.05) is 12.2 Å². The maximum absolute atomic E-state index is 10.3. The number of hydrogen-bond donors (Lipinski definition) is 1. The lowest BCUT2D eigenvalue weighted by molar-refractivity contribution is -0.136. The fourth-order valence-electron chi connectivity index (χ4n) is 1.02. The van der Waals surface area contributed by atoms with Crippen LogP contribution >= 0.6 is 11.6 Å². The predicted molar refractivity (Wildman–Crippen MR) is 43.7 cm³/mol. The van der Waals surface area contributed by atoms with Crippen LogP contribution in [0.4, 0.5) is 0 Å². The number of hydrogen-bond acceptors (Lipinski definition) is 1. The predicted octanol–water partition coefficient (Wildman–Crippen LogP) is 1.95. The van der Waals surface area contributed by atoms with Crippen LogP contribution in [0.1, 0.15) is 12.8 Å². The van der Waals surface area contributed by atoms with Gasteiger partial charge in [0.05, 0.1) is 11.8 Å². The van der Waals surface area contributed by atoms with Gasteiger partial charge in [-0.3, -0.25) is 4.79 Å². The minimum absolute atomic E-state index is 0.0330. The first kappa shape index (κ1) is 8.34. The lowest BCUT2D eigenvalue weighted by Crippen LogP contribution is -2.04. The highest BCUT2D eigenvalue weighted by atomic mass is 35.5. The molecule has 0 bridgehead atoms. The molecule has 0 aromatic heterocycles. The molecule has 1 aliphatic rings. The largest absolute Gasteiger partial charge is 0.481 e. The zero-order valence-electron chi connectivity index (χ0n) is 5.96. The van der Waals surface area contributed by atoms with Crippen molar-refractivity contribution in [3.63, 3.8) is 0 Å². The average molecular weight is 173 g/mol. The van der Waals surface area contributed by atoms with E-state index in [9.17, 15) is 4.79 Å². The van der Waals surface area contributed by atoms with Crippen molar-refractivity contribution < 1.29 is 9.90 Å². The standard InChI is InChI=1S/C8H9ClO2/c9-7-3-1-2-6(4-7)5-8(10)11/h1-3,7H,4-5H2,(H,10,11). The van der Waals surface area contributed by atoms with E-state index in [0.29, 0.717) is 6.42 Å². The third-order valence-corrected chi connectivity index (χ3v) is 1.79. The van der Waals surface area contributed by atoms with Crippen LogP contribution in [-0.2, 0) is 4.79 Å². The first-order chi connectivity index (χ1) is 5.18. The Hall–Kier alpha value is -0.760. The Kier molecular flexibility index (Phi) is 2.71. The number of carboxylic acid groups (broad SMARTS) is 1. The molecule has 0 amide bonds. The van der Waals surface area contributed by atoms with E-state index in [2.05, 4.69) is 0 Å². The van der Waals surface area contributed by atoms with Crippen LogP contribution in [-0.4, -0.2) is 16.5 Å². The van der Waals surface area contributed by atoms with Gasteiger partial charge < -0.3 is 5.11 Å². The van der Waals surface area contributed by atoms with E-state index < -0.39 is 5.97 Å². The van der Waals surface area contributed by atoms with Gasteiger partial charge in [-0.1, -0.05) is 23.8 Å². The van der Waals surface area contributed by atoms with Crippen LogP contribution in [0.15, 0.2) is 23.8 Å². The Morgan fingerprint density at radius 3 is 3.09 bits per heavy atom. The normalized spacial score (nSPS) is 23.0. The third-order valence-electron chi connectivity index (χ3n) is 1.49. The SMILES string of the molecule is O=C(O)CC1=CC=CC(Cl)C1. The van der Waals surface area contributed by atoms with Crippen molar-refractivity contribution in [1.29, 1.82) is 0 Å². The number of halogens is 1. The Bertz CT molecular complexity index is 218. The van der Waals surface area contributed by atoms with Crippen LogP contribution in [0, 0.1) is 0 Å². The molecular weight excluding hydrogens is 164 g/mol. The quantitative estimate of drug-likeness (QED) is 0.647. The van der Waals surface area contributed by atoms with Crippen LogP contribution < -0.4 is 0 Å². The van der Waals surface area contributed by atoms with Gasteiger partial charge in [-0.25, -0.2) is 0 Å². The number of aliphatic carboxylic acids is 1. The lowest BCUT2D eigenvalue weighted by Gasteiger charge is -2.10. The molecule has 0 saturated carbocycles. The Balaban J connectivity index is 2.52. The van der Waals surface area contributed by atoms with Crippen molar-refractivity contribution in [3.05, 3.63) is 23.8 Å². The maximum Gasteiger partial charge on any atom is 0.307 e. The summed E-state index contributed by atoms with van der Waals surface area (Å²) < 4.78 is 0. The highest BCUT2D eigenvalue weighted by Gasteiger charge is 2.10. The van der Waals surface area contributed by atoms with Crippen molar-refractivity contribution in [2.24, 2.45) is 0 Å². The van der Waals surface area contributed by atoms with Crippen molar-refractivity contribution in [2.45, 2.75) is 18.2 Å². The van der Waals surface area contributed by atoms with Crippen LogP contribution in [0.25, 0.3) is 0 Å². The van der Waals surface area contributed by atoms with Gasteiger partial charge in [-0.15, -0.1) is 11.6 Å². The number of allylic oxidation sites excluding steroid dienone is 3. The van der Waals surface area contributed by atoms with Gasteiger partial charge >= 0.3 is 5.97 Å². The molecule has 0 heterocycles. The molecule has 11 heavy (non-hydrogen) atoms. The molecule has 0 aromatic rings. The highest BCUT2D eigenvalue weighted by molar-refractivity contribution is 6.22. The maximum atomic E-state index is 10.3. The second-order valence-electron chi connectivity index (χ2n) is 2.50. The van der Waals surface area contributed by atoms with E-state index in [4.69, 9.17) is 16.7 Å². The summed E-state index contributed by atoms with van der Waals surface area (Å²) in [6.07, 6.45) is 6.23. The van der Waals surface area contributed by atoms with Gasteiger partial charge in [-0.2, -0.15) is 0 Å². The molecule has 60 valence electrons. The monoisotopic (exact) mass is 172 g/mol. The van der Waals surface area contributed by atoms with Crippen LogP contribution in [0.5, 0.6) is 0 Å². The number of rotatable bonds is 2. The molecule has 1 atom stereocenters. The molecule has 1 rings (SSSR count). The molecule has 2 nitrogen and oxygen atoms in total. The molecule has 0 aliphatic heterocycles. The number of alkyl halides is 1. The fourth-order valence-corrected chi connectivity index (χ4v) is 1.31. The highest BCUT2D eigenvalue weighted by Crippen LogP contribution is 2.19. The molecule has 0 radical (unpaired) electrons. The zero-order chi connectivity index (χ0) is 8.27. The Morgan fingerprint density at radius 1 is 1.82 bits per heavy atom. The molecule has 0 aromatic carbocycles. The molecule has 0 spiro atoms. The van der Waals surface area contributed by atoms with Crippen LogP contribution in [0.2, 0.25) is 0 Å². The molecule has 0 saturated heterocycles. The lowest BCUT2D eigenvalue weighted by atomic mass is 10.0. The Labute approximate surface area is 70.2 Å². The Morgan fingerprint density at radius 2 is 2.55 bits per heavy atom. The van der Waals surface area contributed by atoms with Crippen LogP contribution in [0.3, 0.4) is 0 Å². The average Bonchev–Trinajstić information content (AvgIpc) is 1.85.